The topological polar surface area (TPSA) is 120 Å². The van der Waals surface area contributed by atoms with E-state index in [0.29, 0.717) is 12.4 Å². The Morgan fingerprint density at radius 2 is 1.80 bits per heavy atom. The molecule has 0 aliphatic carbocycles. The van der Waals surface area contributed by atoms with Gasteiger partial charge >= 0.3 is 5.97 Å². The zero-order valence-corrected chi connectivity index (χ0v) is 23.8. The van der Waals surface area contributed by atoms with Crippen LogP contribution in [-0.4, -0.2) is 38.2 Å². The highest BCUT2D eigenvalue weighted by atomic mass is 16.5. The molecular weight excluding hydrogens is 516 g/mol. The van der Waals surface area contributed by atoms with Crippen molar-refractivity contribution in [2.75, 3.05) is 12.3 Å². The maximum absolute atomic E-state index is 12.2. The molecule has 0 atom stereocenters. The Morgan fingerprint density at radius 3 is 2.51 bits per heavy atom. The van der Waals surface area contributed by atoms with Crippen molar-refractivity contribution in [3.05, 3.63) is 71.2 Å². The summed E-state index contributed by atoms with van der Waals surface area (Å²) in [7, 11) is 0. The second kappa shape index (κ2) is 9.73. The van der Waals surface area contributed by atoms with Gasteiger partial charge in [0, 0.05) is 42.0 Å². The number of carboxylic acids is 1. The summed E-state index contributed by atoms with van der Waals surface area (Å²) < 4.78 is 12.7. The Balaban J connectivity index is 1.75. The van der Waals surface area contributed by atoms with Crippen LogP contribution in [0.15, 0.2) is 48.9 Å². The van der Waals surface area contributed by atoms with Crippen LogP contribution in [-0.2, 0) is 17.6 Å². The molecule has 8 nitrogen and oxygen atoms in total. The lowest BCUT2D eigenvalue weighted by Gasteiger charge is -2.28. The van der Waals surface area contributed by atoms with Crippen LogP contribution in [0.3, 0.4) is 0 Å². The van der Waals surface area contributed by atoms with E-state index in [1.807, 2.05) is 58.2 Å². The SMILES string of the molecule is Cc1cc2c(C)c(-c3cnc(N)nc3)ccc2c(-c2c(OC(C)(C)C)cc3c4c(ccnc24)CCO3)c1CC(=O)O. The highest BCUT2D eigenvalue weighted by Crippen LogP contribution is 2.49. The summed E-state index contributed by atoms with van der Waals surface area (Å²) in [6.45, 7) is 10.6. The van der Waals surface area contributed by atoms with Gasteiger partial charge in [-0.25, -0.2) is 9.97 Å². The number of carboxylic acid groups (broad SMARTS) is 1. The minimum atomic E-state index is -0.904. The van der Waals surface area contributed by atoms with E-state index in [-0.39, 0.29) is 12.4 Å². The van der Waals surface area contributed by atoms with E-state index in [2.05, 4.69) is 23.0 Å². The summed E-state index contributed by atoms with van der Waals surface area (Å²) in [6.07, 6.45) is 5.88. The second-order valence-corrected chi connectivity index (χ2v) is 11.5. The van der Waals surface area contributed by atoms with Crippen molar-refractivity contribution in [1.29, 1.82) is 0 Å². The molecule has 0 radical (unpaired) electrons. The predicted octanol–water partition coefficient (Wildman–Crippen LogP) is 6.45. The first-order valence-corrected chi connectivity index (χ1v) is 13.6. The summed E-state index contributed by atoms with van der Waals surface area (Å²) in [6, 6.07) is 10.1. The van der Waals surface area contributed by atoms with Crippen LogP contribution in [0, 0.1) is 13.8 Å². The molecule has 0 amide bonds. The number of aromatic nitrogens is 3. The number of nitrogen functional groups attached to an aromatic ring is 1. The molecule has 0 unspecified atom stereocenters. The Kier molecular flexibility index (Phi) is 6.29. The number of aliphatic carboxylic acids is 1. The third-order valence-corrected chi connectivity index (χ3v) is 7.56. The Hall–Kier alpha value is -4.72. The van der Waals surface area contributed by atoms with Crippen LogP contribution in [0.2, 0.25) is 0 Å². The van der Waals surface area contributed by atoms with Gasteiger partial charge < -0.3 is 20.3 Å². The number of carbonyl (C=O) groups is 1. The summed E-state index contributed by atoms with van der Waals surface area (Å²) in [5.74, 6) is 0.655. The van der Waals surface area contributed by atoms with Crippen LogP contribution in [0.25, 0.3) is 43.9 Å². The number of ether oxygens (including phenoxy) is 2. The van der Waals surface area contributed by atoms with Gasteiger partial charge in [0.2, 0.25) is 5.95 Å². The van der Waals surface area contributed by atoms with Gasteiger partial charge in [0.25, 0.3) is 0 Å². The molecular formula is C33H32N4O4. The van der Waals surface area contributed by atoms with Crippen molar-refractivity contribution >= 4 is 33.6 Å². The Morgan fingerprint density at radius 1 is 1.05 bits per heavy atom. The average Bonchev–Trinajstić information content (AvgIpc) is 2.90. The second-order valence-electron chi connectivity index (χ2n) is 11.5. The van der Waals surface area contributed by atoms with Crippen molar-refractivity contribution in [2.45, 2.75) is 53.1 Å². The number of fused-ring (bicyclic) bond motifs is 1. The van der Waals surface area contributed by atoms with E-state index in [1.165, 1.54) is 0 Å². The molecule has 0 fully saturated rings. The summed E-state index contributed by atoms with van der Waals surface area (Å²) in [5.41, 5.74) is 13.2. The van der Waals surface area contributed by atoms with E-state index >= 15 is 0 Å². The molecule has 0 spiro atoms. The number of aryl methyl sites for hydroxylation is 2. The van der Waals surface area contributed by atoms with Crippen molar-refractivity contribution in [3.63, 3.8) is 0 Å². The zero-order chi connectivity index (χ0) is 29.1. The number of nitrogens with zero attached hydrogens (tertiary/aromatic N) is 3. The van der Waals surface area contributed by atoms with Gasteiger partial charge in [0.1, 0.15) is 17.1 Å². The molecule has 5 aromatic rings. The number of benzene rings is 3. The smallest absolute Gasteiger partial charge is 0.307 e. The van der Waals surface area contributed by atoms with Crippen LogP contribution < -0.4 is 15.2 Å². The summed E-state index contributed by atoms with van der Waals surface area (Å²) in [4.78, 5) is 25.5. The van der Waals surface area contributed by atoms with E-state index in [4.69, 9.17) is 20.2 Å². The highest BCUT2D eigenvalue weighted by Gasteiger charge is 2.28. The Labute approximate surface area is 238 Å². The first-order valence-electron chi connectivity index (χ1n) is 13.6. The zero-order valence-electron chi connectivity index (χ0n) is 23.8. The van der Waals surface area contributed by atoms with Gasteiger partial charge in [0.05, 0.1) is 24.1 Å². The summed E-state index contributed by atoms with van der Waals surface area (Å²) >= 11 is 0. The first-order chi connectivity index (χ1) is 19.5. The number of hydrogen-bond acceptors (Lipinski definition) is 7. The molecule has 3 aromatic carbocycles. The minimum Gasteiger partial charge on any atom is -0.492 e. The number of pyridine rings is 1. The predicted molar refractivity (Wildman–Crippen MR) is 161 cm³/mol. The van der Waals surface area contributed by atoms with E-state index in [0.717, 1.165) is 78.4 Å². The van der Waals surface area contributed by atoms with Gasteiger partial charge in [-0.05, 0) is 84.8 Å². The molecule has 0 saturated heterocycles. The maximum Gasteiger partial charge on any atom is 0.307 e. The number of hydrogen-bond donors (Lipinski definition) is 2. The van der Waals surface area contributed by atoms with E-state index in [1.54, 1.807) is 12.4 Å². The highest BCUT2D eigenvalue weighted by molar-refractivity contribution is 6.12. The molecule has 6 rings (SSSR count). The molecule has 2 aromatic heterocycles. The molecule has 1 aliphatic rings. The lowest BCUT2D eigenvalue weighted by molar-refractivity contribution is -0.136. The largest absolute Gasteiger partial charge is 0.492 e. The number of nitrogens with two attached hydrogens (primary N) is 1. The molecule has 208 valence electrons. The van der Waals surface area contributed by atoms with Crippen LogP contribution in [0.5, 0.6) is 11.5 Å². The average molecular weight is 549 g/mol. The molecule has 3 N–H and O–H groups in total. The fourth-order valence-electron chi connectivity index (χ4n) is 5.84. The number of rotatable bonds is 5. The maximum atomic E-state index is 12.2. The minimum absolute atomic E-state index is 0.141. The van der Waals surface area contributed by atoms with Crippen molar-refractivity contribution in [1.82, 2.24) is 15.0 Å². The molecule has 0 saturated carbocycles. The molecule has 3 heterocycles. The lowest BCUT2D eigenvalue weighted by Crippen LogP contribution is -2.24. The Bertz CT molecular complexity index is 1860. The number of anilines is 1. The quantitative estimate of drug-likeness (QED) is 0.257. The molecule has 1 aliphatic heterocycles. The fraction of sp³-hybridized carbons (Fsp3) is 0.273. The fourth-order valence-corrected chi connectivity index (χ4v) is 5.84. The van der Waals surface area contributed by atoms with E-state index in [9.17, 15) is 9.90 Å². The standard InChI is InChI=1S/C33H32N4O4/c1-17-12-24-18(2)21(20-15-36-32(34)37-16-20)6-7-22(24)29(23(17)13-27(38)39)30-26(41-33(3,4)5)14-25-28-19(9-11-40-25)8-10-35-31(28)30/h6-8,10,12,14-16H,9,11,13H2,1-5H3,(H,38,39)(H2,34,36,37). The van der Waals surface area contributed by atoms with Crippen molar-refractivity contribution in [3.8, 4) is 33.8 Å². The van der Waals surface area contributed by atoms with Crippen LogP contribution in [0.1, 0.15) is 43.0 Å². The van der Waals surface area contributed by atoms with Gasteiger partial charge in [-0.1, -0.05) is 18.2 Å². The van der Waals surface area contributed by atoms with Gasteiger partial charge in [-0.2, -0.15) is 0 Å². The van der Waals surface area contributed by atoms with Gasteiger partial charge in [0.15, 0.2) is 0 Å². The molecule has 8 heteroatoms. The van der Waals surface area contributed by atoms with Crippen molar-refractivity contribution in [2.24, 2.45) is 0 Å². The molecule has 0 bridgehead atoms. The third kappa shape index (κ3) is 4.69. The van der Waals surface area contributed by atoms with E-state index < -0.39 is 11.6 Å². The monoisotopic (exact) mass is 548 g/mol. The normalized spacial score (nSPS) is 12.9. The third-order valence-electron chi connectivity index (χ3n) is 7.56. The summed E-state index contributed by atoms with van der Waals surface area (Å²) in [5, 5.41) is 12.9. The lowest BCUT2D eigenvalue weighted by atomic mass is 9.84. The van der Waals surface area contributed by atoms with Gasteiger partial charge in [-0.15, -0.1) is 0 Å². The van der Waals surface area contributed by atoms with Gasteiger partial charge in [-0.3, -0.25) is 9.78 Å². The first kappa shape index (κ1) is 26.5. The van der Waals surface area contributed by atoms with Crippen molar-refractivity contribution < 1.29 is 19.4 Å². The molecule has 41 heavy (non-hydrogen) atoms. The van der Waals surface area contributed by atoms with Crippen LogP contribution in [0.4, 0.5) is 5.95 Å². The van der Waals surface area contributed by atoms with Crippen LogP contribution >= 0.6 is 0 Å².